The highest BCUT2D eigenvalue weighted by Crippen LogP contribution is 2.30. The van der Waals surface area contributed by atoms with E-state index in [4.69, 9.17) is 11.6 Å². The lowest BCUT2D eigenvalue weighted by Crippen LogP contribution is -2.20. The number of thioether (sulfide) groups is 1. The van der Waals surface area contributed by atoms with Gasteiger partial charge in [-0.3, -0.25) is 9.36 Å². The van der Waals surface area contributed by atoms with Crippen molar-refractivity contribution >= 4 is 35.5 Å². The van der Waals surface area contributed by atoms with Crippen LogP contribution in [0.3, 0.4) is 0 Å². The summed E-state index contributed by atoms with van der Waals surface area (Å²) in [6, 6.07) is 22.3. The molecule has 1 aromatic heterocycles. The fourth-order valence-electron chi connectivity index (χ4n) is 3.44. The number of amides is 1. The number of benzene rings is 3. The van der Waals surface area contributed by atoms with E-state index in [-0.39, 0.29) is 27.7 Å². The summed E-state index contributed by atoms with van der Waals surface area (Å²) in [7, 11) is 0. The van der Waals surface area contributed by atoms with Crippen LogP contribution in [-0.4, -0.2) is 32.6 Å². The SMILES string of the molecule is CC(C)(C)c1ccc(-c2nnc(SCC(=O)N/N=C\c3c(F)cccc3Cl)n2-c2ccccc2)cc1. The van der Waals surface area contributed by atoms with E-state index in [2.05, 4.69) is 53.6 Å². The van der Waals surface area contributed by atoms with Crippen LogP contribution in [0, 0.1) is 5.82 Å². The maximum atomic E-state index is 13.9. The van der Waals surface area contributed by atoms with E-state index in [0.717, 1.165) is 11.3 Å². The number of carbonyl (C=O) groups is 1. The maximum absolute atomic E-state index is 13.9. The Morgan fingerprint density at radius 2 is 1.78 bits per heavy atom. The van der Waals surface area contributed by atoms with Crippen molar-refractivity contribution in [1.29, 1.82) is 0 Å². The summed E-state index contributed by atoms with van der Waals surface area (Å²) in [5.41, 5.74) is 5.58. The molecule has 0 fully saturated rings. The number of aromatic nitrogens is 3. The van der Waals surface area contributed by atoms with Gasteiger partial charge in [0.1, 0.15) is 5.82 Å². The molecule has 6 nitrogen and oxygen atoms in total. The normalized spacial score (nSPS) is 11.7. The molecular weight excluding hydrogens is 497 g/mol. The number of halogens is 2. The van der Waals surface area contributed by atoms with Crippen LogP contribution in [0.1, 0.15) is 31.9 Å². The fourth-order valence-corrected chi connectivity index (χ4v) is 4.40. The Bertz CT molecular complexity index is 1360. The summed E-state index contributed by atoms with van der Waals surface area (Å²) in [4.78, 5) is 12.4. The van der Waals surface area contributed by atoms with Crippen LogP contribution in [-0.2, 0) is 10.2 Å². The lowest BCUT2D eigenvalue weighted by atomic mass is 9.87. The molecule has 1 N–H and O–H groups in total. The fraction of sp³-hybridized carbons (Fsp3) is 0.185. The first-order chi connectivity index (χ1) is 17.2. The van der Waals surface area contributed by atoms with Crippen molar-refractivity contribution in [3.8, 4) is 17.1 Å². The summed E-state index contributed by atoms with van der Waals surface area (Å²) in [6.45, 7) is 6.51. The largest absolute Gasteiger partial charge is 0.272 e. The van der Waals surface area contributed by atoms with Gasteiger partial charge < -0.3 is 0 Å². The first-order valence-electron chi connectivity index (χ1n) is 11.2. The molecule has 0 unspecified atom stereocenters. The van der Waals surface area contributed by atoms with Gasteiger partial charge in [-0.05, 0) is 35.2 Å². The van der Waals surface area contributed by atoms with Gasteiger partial charge in [0, 0.05) is 16.8 Å². The molecule has 0 spiro atoms. The summed E-state index contributed by atoms with van der Waals surface area (Å²) in [5.74, 6) is -0.177. The smallest absolute Gasteiger partial charge is 0.250 e. The minimum atomic E-state index is -0.520. The Hall–Kier alpha value is -3.49. The third-order valence-corrected chi connectivity index (χ3v) is 6.63. The molecule has 9 heteroatoms. The monoisotopic (exact) mass is 521 g/mol. The molecule has 4 rings (SSSR count). The Labute approximate surface area is 218 Å². The van der Waals surface area contributed by atoms with E-state index in [1.54, 1.807) is 6.07 Å². The molecule has 184 valence electrons. The average molecular weight is 522 g/mol. The van der Waals surface area contributed by atoms with Crippen molar-refractivity contribution in [3.05, 3.63) is 94.8 Å². The van der Waals surface area contributed by atoms with E-state index in [1.165, 1.54) is 35.7 Å². The molecule has 4 aromatic rings. The van der Waals surface area contributed by atoms with E-state index in [0.29, 0.717) is 11.0 Å². The number of hydrogen-bond donors (Lipinski definition) is 1. The molecule has 1 amide bonds. The van der Waals surface area contributed by atoms with Crippen LogP contribution in [0.15, 0.2) is 83.1 Å². The number of nitrogens with one attached hydrogen (secondary N) is 1. The van der Waals surface area contributed by atoms with Crippen molar-refractivity contribution in [2.75, 3.05) is 5.75 Å². The number of hydrogen-bond acceptors (Lipinski definition) is 5. The van der Waals surface area contributed by atoms with Crippen LogP contribution < -0.4 is 5.43 Å². The van der Waals surface area contributed by atoms with Crippen LogP contribution in [0.5, 0.6) is 0 Å². The van der Waals surface area contributed by atoms with Gasteiger partial charge in [0.2, 0.25) is 0 Å². The van der Waals surface area contributed by atoms with Crippen molar-refractivity contribution in [1.82, 2.24) is 20.2 Å². The summed E-state index contributed by atoms with van der Waals surface area (Å²) < 4.78 is 15.8. The van der Waals surface area contributed by atoms with Crippen molar-refractivity contribution in [2.24, 2.45) is 5.10 Å². The average Bonchev–Trinajstić information content (AvgIpc) is 3.28. The van der Waals surface area contributed by atoms with E-state index in [9.17, 15) is 9.18 Å². The minimum absolute atomic E-state index is 0.0380. The molecule has 0 saturated carbocycles. The van der Waals surface area contributed by atoms with Gasteiger partial charge in [0.15, 0.2) is 11.0 Å². The minimum Gasteiger partial charge on any atom is -0.272 e. The highest BCUT2D eigenvalue weighted by Gasteiger charge is 2.19. The Balaban J connectivity index is 1.53. The molecule has 1 heterocycles. The Morgan fingerprint density at radius 3 is 2.44 bits per heavy atom. The predicted octanol–water partition coefficient (Wildman–Crippen LogP) is 6.27. The molecule has 36 heavy (non-hydrogen) atoms. The third kappa shape index (κ3) is 6.01. The highest BCUT2D eigenvalue weighted by atomic mass is 35.5. The molecule has 0 aliphatic heterocycles. The van der Waals surface area contributed by atoms with E-state index in [1.807, 2.05) is 47.0 Å². The Kier molecular flexibility index (Phi) is 7.86. The third-order valence-electron chi connectivity index (χ3n) is 5.37. The van der Waals surface area contributed by atoms with E-state index >= 15 is 0 Å². The standard InChI is InChI=1S/C27H25ClFN5OS/c1-27(2,3)19-14-12-18(13-15-19)25-32-33-26(34(25)20-8-5-4-6-9-20)36-17-24(35)31-30-16-21-22(28)10-7-11-23(21)29/h4-16H,17H2,1-3H3,(H,31,35)/b30-16-. The van der Waals surface area contributed by atoms with Crippen molar-refractivity contribution in [3.63, 3.8) is 0 Å². The zero-order valence-corrected chi connectivity index (χ0v) is 21.6. The molecular formula is C27H25ClFN5OS. The second-order valence-corrected chi connectivity index (χ2v) is 10.4. The number of carbonyl (C=O) groups excluding carboxylic acids is 1. The maximum Gasteiger partial charge on any atom is 0.250 e. The van der Waals surface area contributed by atoms with Crippen molar-refractivity contribution < 1.29 is 9.18 Å². The number of hydrazone groups is 1. The van der Waals surface area contributed by atoms with Gasteiger partial charge >= 0.3 is 0 Å². The molecule has 0 bridgehead atoms. The quantitative estimate of drug-likeness (QED) is 0.177. The van der Waals surface area contributed by atoms with Gasteiger partial charge in [-0.25, -0.2) is 9.82 Å². The lowest BCUT2D eigenvalue weighted by Gasteiger charge is -2.19. The van der Waals surface area contributed by atoms with Crippen LogP contribution in [0.2, 0.25) is 5.02 Å². The molecule has 0 atom stereocenters. The molecule has 3 aromatic carbocycles. The number of para-hydroxylation sites is 1. The van der Waals surface area contributed by atoms with Crippen molar-refractivity contribution in [2.45, 2.75) is 31.3 Å². The lowest BCUT2D eigenvalue weighted by molar-refractivity contribution is -0.118. The molecule has 0 radical (unpaired) electrons. The van der Waals surface area contributed by atoms with Crippen LogP contribution in [0.25, 0.3) is 17.1 Å². The number of nitrogens with zero attached hydrogens (tertiary/aromatic N) is 4. The molecule has 0 aliphatic rings. The van der Waals surface area contributed by atoms with Gasteiger partial charge in [0.25, 0.3) is 5.91 Å². The van der Waals surface area contributed by atoms with E-state index < -0.39 is 5.82 Å². The second-order valence-electron chi connectivity index (χ2n) is 9.02. The van der Waals surface area contributed by atoms with Gasteiger partial charge in [-0.1, -0.05) is 92.7 Å². The summed E-state index contributed by atoms with van der Waals surface area (Å²) >= 11 is 7.21. The Morgan fingerprint density at radius 1 is 1.06 bits per heavy atom. The predicted molar refractivity (Wildman–Crippen MR) is 143 cm³/mol. The molecule has 0 saturated heterocycles. The zero-order valence-electron chi connectivity index (χ0n) is 20.1. The topological polar surface area (TPSA) is 72.2 Å². The van der Waals surface area contributed by atoms with Gasteiger partial charge in [-0.15, -0.1) is 10.2 Å². The zero-order chi connectivity index (χ0) is 25.7. The molecule has 0 aliphatic carbocycles. The van der Waals surface area contributed by atoms with Crippen LogP contribution in [0.4, 0.5) is 4.39 Å². The second kappa shape index (κ2) is 11.1. The first-order valence-corrected chi connectivity index (χ1v) is 12.6. The van der Waals surface area contributed by atoms with Crippen LogP contribution >= 0.6 is 23.4 Å². The number of rotatable bonds is 7. The van der Waals surface area contributed by atoms with Gasteiger partial charge in [0.05, 0.1) is 17.0 Å². The highest BCUT2D eigenvalue weighted by molar-refractivity contribution is 7.99. The first kappa shape index (κ1) is 25.6. The summed E-state index contributed by atoms with van der Waals surface area (Å²) in [5, 5.41) is 13.4. The van der Waals surface area contributed by atoms with Gasteiger partial charge in [-0.2, -0.15) is 5.10 Å². The summed E-state index contributed by atoms with van der Waals surface area (Å²) in [6.07, 6.45) is 1.19.